The molecule has 5 heterocycles. The SMILES string of the molecule is CCOC(=O)CN(CCCC(=O)OC)C(=O)Cc1cc(C)cc(OP(=O)(O)O)c1C(C)(C)CC(=O)O[C@@H](CN(Cc1c(F)cc(-c2ccn(C(F)F)n2)cc1F)NC(=O)[C@@H](NC(=O)OC)C(C)(C)C(F)(F)F)[C@H](Cc1ccc(C#Cc2cnc(N3CC4CCC(C3)N4C3COC3)nc2)cc1)NC(=O)[C@@H](NC(=O)OC)C(C)(C)C(F)(F)F. The molecular formula is C75H91F10N12O18P. The highest BCUT2D eigenvalue weighted by atomic mass is 31.2. The van der Waals surface area contributed by atoms with Gasteiger partial charge in [-0.25, -0.2) is 42.6 Å². The van der Waals surface area contributed by atoms with Crippen molar-refractivity contribution in [2.45, 2.75) is 174 Å². The molecule has 2 aromatic heterocycles. The van der Waals surface area contributed by atoms with Gasteiger partial charge in [-0.05, 0) is 120 Å². The summed E-state index contributed by atoms with van der Waals surface area (Å²) in [6.07, 6.45) is -13.5. The lowest BCUT2D eigenvalue weighted by atomic mass is 9.77. The van der Waals surface area contributed by atoms with E-state index in [9.17, 15) is 51.9 Å². The second-order valence-electron chi connectivity index (χ2n) is 29.7. The van der Waals surface area contributed by atoms with Gasteiger partial charge in [0.25, 0.3) is 5.91 Å². The minimum absolute atomic E-state index is 0.0670. The first-order valence-electron chi connectivity index (χ1n) is 36.4. The number of hydrogen-bond acceptors (Lipinski definition) is 22. The number of carbonyl (C=O) groups is 8. The van der Waals surface area contributed by atoms with E-state index in [2.05, 4.69) is 56.9 Å². The smallest absolute Gasteiger partial charge is 0.469 e. The minimum Gasteiger partial charge on any atom is -0.469 e. The number of carbonyl (C=O) groups excluding carboxylic acids is 8. The monoisotopic (exact) mass is 1670 g/mol. The number of hydrogen-bond donors (Lipinski definition) is 6. The van der Waals surface area contributed by atoms with Crippen LogP contribution in [0.25, 0.3) is 11.3 Å². The lowest BCUT2D eigenvalue weighted by Gasteiger charge is -2.47. The van der Waals surface area contributed by atoms with Gasteiger partial charge in [0.1, 0.15) is 42.1 Å². The van der Waals surface area contributed by atoms with Gasteiger partial charge in [-0.15, -0.1) is 0 Å². The molecule has 3 aliphatic heterocycles. The summed E-state index contributed by atoms with van der Waals surface area (Å²) in [5, 5.41) is 10.1. The highest BCUT2D eigenvalue weighted by Gasteiger charge is 2.58. The predicted molar refractivity (Wildman–Crippen MR) is 391 cm³/mol. The van der Waals surface area contributed by atoms with Crippen LogP contribution in [0.2, 0.25) is 0 Å². The molecule has 3 saturated heterocycles. The number of nitrogens with zero attached hydrogens (tertiary/aromatic N) is 8. The molecule has 3 aromatic carbocycles. The van der Waals surface area contributed by atoms with Gasteiger partial charge < -0.3 is 58.7 Å². The molecule has 6 N–H and O–H groups in total. The third-order valence-electron chi connectivity index (χ3n) is 20.1. The standard InChI is InChI=1S/C75H91F10N12O18P/c1-12-113-61(101)39-93(24-13-14-59(99)109-9)58(98)31-47-26-42(2)27-56(115-116(106,107)108)62(47)71(3,4)32-60(100)114-57(38-95(92-66(103)64(90-70(105)111-11)73(7,8)75(83,84)85)37-51-52(76)29-46(30-53(51)77)54-23-25-96(91-54)67(78)79)55(88-65(102)63(89-69(104)110-10)72(5,6)74(80,81)82)28-44-18-15-43(16-19-44)17-20-45-33-86-68(87-34-45)94-35-48-21-22-49(36-94)97(48)50-40-112-41-50/h15-16,18-19,23,25-27,29-30,33-34,48-50,55,57,63-64,67H,12-14,21-22,24,28,31-32,35-41H2,1-11H3,(H,88,102)(H,89,104)(H,90,105)(H,92,103)(H2,106,107,108)/t48?,49?,55-,57-,63+,64+/m0/s1. The molecule has 3 aliphatic rings. The minimum atomic E-state index is -5.64. The Labute approximate surface area is 660 Å². The second kappa shape index (κ2) is 38.3. The maximum Gasteiger partial charge on any atom is 0.524 e. The van der Waals surface area contributed by atoms with Crippen molar-refractivity contribution in [3.8, 4) is 28.8 Å². The number of aromatic nitrogens is 4. The average Bonchev–Trinajstić information content (AvgIpc) is 1.59. The highest BCUT2D eigenvalue weighted by Crippen LogP contribution is 2.47. The Morgan fingerprint density at radius 1 is 0.741 bits per heavy atom. The number of benzene rings is 3. The number of esters is 3. The van der Waals surface area contributed by atoms with Crippen LogP contribution in [-0.4, -0.2) is 221 Å². The van der Waals surface area contributed by atoms with Crippen molar-refractivity contribution >= 4 is 61.6 Å². The van der Waals surface area contributed by atoms with E-state index in [1.165, 1.54) is 70.4 Å². The van der Waals surface area contributed by atoms with Gasteiger partial charge in [0.05, 0.1) is 94.7 Å². The van der Waals surface area contributed by atoms with Gasteiger partial charge in [0.15, 0.2) is 0 Å². The summed E-state index contributed by atoms with van der Waals surface area (Å²) in [4.78, 5) is 147. The first-order chi connectivity index (χ1) is 54.3. The van der Waals surface area contributed by atoms with Crippen LogP contribution in [0.3, 0.4) is 0 Å². The van der Waals surface area contributed by atoms with Crippen molar-refractivity contribution in [1.82, 2.24) is 55.9 Å². The zero-order valence-corrected chi connectivity index (χ0v) is 66.0. The molecule has 6 atom stereocenters. The quantitative estimate of drug-likeness (QED) is 0.00560. The van der Waals surface area contributed by atoms with Gasteiger partial charge in [-0.2, -0.15) is 40.2 Å². The molecule has 5 amide bonds. The van der Waals surface area contributed by atoms with Crippen molar-refractivity contribution in [2.24, 2.45) is 10.8 Å². The molecule has 5 aromatic rings. The van der Waals surface area contributed by atoms with Gasteiger partial charge in [0.2, 0.25) is 17.8 Å². The molecule has 0 saturated carbocycles. The molecule has 0 spiro atoms. The Balaban J connectivity index is 1.28. The summed E-state index contributed by atoms with van der Waals surface area (Å²) >= 11 is 0. The third kappa shape index (κ3) is 23.6. The number of piperazine rings is 1. The number of fused-ring (bicyclic) bond motifs is 2. The zero-order chi connectivity index (χ0) is 85.7. The van der Waals surface area contributed by atoms with Crippen molar-refractivity contribution in [3.63, 3.8) is 0 Å². The number of phosphoric ester groups is 1. The predicted octanol–water partition coefficient (Wildman–Crippen LogP) is 8.60. The van der Waals surface area contributed by atoms with E-state index in [-0.39, 0.29) is 52.9 Å². The van der Waals surface area contributed by atoms with E-state index < -0.39 is 188 Å². The van der Waals surface area contributed by atoms with E-state index in [0.29, 0.717) is 106 Å². The van der Waals surface area contributed by atoms with Crippen molar-refractivity contribution in [1.29, 1.82) is 0 Å². The van der Waals surface area contributed by atoms with Gasteiger partial charge in [-0.3, -0.25) is 48.9 Å². The normalized spacial score (nSPS) is 16.5. The average molecular weight is 1670 g/mol. The lowest BCUT2D eigenvalue weighted by molar-refractivity contribution is -0.221. The summed E-state index contributed by atoms with van der Waals surface area (Å²) in [5.74, 6) is -4.93. The number of hydrazine groups is 1. The maximum absolute atomic E-state index is 17.0. The number of nitrogens with one attached hydrogen (secondary N) is 4. The summed E-state index contributed by atoms with van der Waals surface area (Å²) in [5.41, 5.74) is -8.05. The van der Waals surface area contributed by atoms with Gasteiger partial charge >= 0.3 is 56.8 Å². The molecule has 41 heteroatoms. The number of methoxy groups -OCH3 is 3. The summed E-state index contributed by atoms with van der Waals surface area (Å²) in [6.45, 7) is 3.05. The van der Waals surface area contributed by atoms with E-state index in [0.717, 1.165) is 57.4 Å². The van der Waals surface area contributed by atoms with Crippen LogP contribution in [0, 0.1) is 41.2 Å². The first kappa shape index (κ1) is 91.3. The van der Waals surface area contributed by atoms with E-state index in [1.54, 1.807) is 5.32 Å². The van der Waals surface area contributed by atoms with Crippen molar-refractivity contribution in [2.75, 3.05) is 78.8 Å². The molecule has 3 fully saturated rings. The fraction of sp³-hybridized carbons (Fsp3) is 0.533. The molecule has 30 nitrogen and oxygen atoms in total. The van der Waals surface area contributed by atoms with Crippen LogP contribution in [-0.2, 0) is 86.6 Å². The molecule has 2 bridgehead atoms. The zero-order valence-electron chi connectivity index (χ0n) is 65.1. The molecule has 634 valence electrons. The Morgan fingerprint density at radius 3 is 1.84 bits per heavy atom. The topological polar surface area (TPSA) is 363 Å². The number of anilines is 1. The van der Waals surface area contributed by atoms with Gasteiger partial charge in [-0.1, -0.05) is 43.9 Å². The number of amides is 5. The van der Waals surface area contributed by atoms with E-state index in [1.807, 2.05) is 5.32 Å². The third-order valence-corrected chi connectivity index (χ3v) is 20.5. The van der Waals surface area contributed by atoms with Crippen LogP contribution in [0.4, 0.5) is 59.4 Å². The summed E-state index contributed by atoms with van der Waals surface area (Å²) in [6, 6.07) is 3.57. The Hall–Kier alpha value is -10.2. The number of rotatable bonds is 34. The Morgan fingerprint density at radius 2 is 1.32 bits per heavy atom. The molecule has 0 radical (unpaired) electrons. The first-order valence-corrected chi connectivity index (χ1v) is 37.9. The number of aryl methyl sites for hydroxylation is 1. The highest BCUT2D eigenvalue weighted by molar-refractivity contribution is 7.46. The van der Waals surface area contributed by atoms with Crippen LogP contribution >= 0.6 is 7.82 Å². The molecule has 0 aliphatic carbocycles. The largest absolute Gasteiger partial charge is 0.524 e. The van der Waals surface area contributed by atoms with E-state index >= 15 is 44.7 Å². The van der Waals surface area contributed by atoms with E-state index in [4.69, 9.17) is 23.5 Å². The number of halogens is 10. The molecule has 2 unspecified atom stereocenters. The molecular weight excluding hydrogens is 1580 g/mol. The number of alkyl carbamates (subject to hydrolysis) is 2. The van der Waals surface area contributed by atoms with Crippen LogP contribution < -0.4 is 30.8 Å². The molecule has 8 rings (SSSR count). The Bertz CT molecular complexity index is 4440. The number of ether oxygens (including phenoxy) is 6. The molecule has 116 heavy (non-hydrogen) atoms. The Kier molecular flexibility index (Phi) is 30.1. The second-order valence-corrected chi connectivity index (χ2v) is 30.9. The number of phosphoric acid groups is 1. The van der Waals surface area contributed by atoms with Crippen molar-refractivity contribution in [3.05, 3.63) is 124 Å². The number of alkyl halides is 8. The van der Waals surface area contributed by atoms with Gasteiger partial charge in [0, 0.05) is 90.9 Å². The summed E-state index contributed by atoms with van der Waals surface area (Å²) in [7, 11) is -3.06. The fourth-order valence-electron chi connectivity index (χ4n) is 13.7. The lowest BCUT2D eigenvalue weighted by Crippen LogP contribution is -2.64. The maximum atomic E-state index is 17.0. The van der Waals surface area contributed by atoms with Crippen LogP contribution in [0.15, 0.2) is 73.2 Å². The van der Waals surface area contributed by atoms with Crippen LogP contribution in [0.1, 0.15) is 126 Å². The summed E-state index contributed by atoms with van der Waals surface area (Å²) < 4.78 is 202. The van der Waals surface area contributed by atoms with Crippen molar-refractivity contribution < 1.29 is 130 Å². The fourth-order valence-corrected chi connectivity index (χ4v) is 14.1. The van der Waals surface area contributed by atoms with Crippen LogP contribution in [0.5, 0.6) is 5.75 Å².